The molecule has 6 heteroatoms. The Morgan fingerprint density at radius 1 is 1.46 bits per heavy atom. The normalized spacial score (nSPS) is 9.69. The van der Waals surface area contributed by atoms with Crippen LogP contribution in [0.5, 0.6) is 0 Å². The number of ether oxygens (including phenoxy) is 1. The van der Waals surface area contributed by atoms with Crippen LogP contribution >= 0.6 is 12.2 Å². The van der Waals surface area contributed by atoms with E-state index in [0.29, 0.717) is 5.56 Å². The first-order chi connectivity index (χ1) is 6.06. The maximum atomic E-state index is 11.1. The second kappa shape index (κ2) is 3.53. The molecular formula is C7H8N2O3S. The SMILES string of the molecule is COC(=O)c1[nH]c(=O)[nH]c(=S)c1C. The highest BCUT2D eigenvalue weighted by Crippen LogP contribution is 2.03. The number of carbonyl (C=O) groups excluding carboxylic acids is 1. The van der Waals surface area contributed by atoms with Crippen LogP contribution < -0.4 is 5.69 Å². The summed E-state index contributed by atoms with van der Waals surface area (Å²) >= 11 is 4.81. The van der Waals surface area contributed by atoms with Gasteiger partial charge in [-0.25, -0.2) is 9.59 Å². The Kier molecular flexibility index (Phi) is 2.62. The molecule has 2 N–H and O–H groups in total. The first-order valence-corrected chi connectivity index (χ1v) is 3.88. The van der Waals surface area contributed by atoms with Crippen molar-refractivity contribution in [2.24, 2.45) is 0 Å². The summed E-state index contributed by atoms with van der Waals surface area (Å²) in [4.78, 5) is 26.7. The van der Waals surface area contributed by atoms with Gasteiger partial charge in [0, 0.05) is 5.56 Å². The highest BCUT2D eigenvalue weighted by molar-refractivity contribution is 7.71. The monoisotopic (exact) mass is 200 g/mol. The summed E-state index contributed by atoms with van der Waals surface area (Å²) in [5.74, 6) is -0.602. The van der Waals surface area contributed by atoms with Gasteiger partial charge in [0.1, 0.15) is 10.3 Å². The van der Waals surface area contributed by atoms with E-state index in [2.05, 4.69) is 14.7 Å². The van der Waals surface area contributed by atoms with Crippen LogP contribution in [0.3, 0.4) is 0 Å². The van der Waals surface area contributed by atoms with Gasteiger partial charge >= 0.3 is 11.7 Å². The molecule has 1 heterocycles. The molecule has 0 unspecified atom stereocenters. The zero-order valence-corrected chi connectivity index (χ0v) is 7.95. The molecule has 0 spiro atoms. The van der Waals surface area contributed by atoms with Crippen LogP contribution in [0.25, 0.3) is 0 Å². The average molecular weight is 200 g/mol. The number of methoxy groups -OCH3 is 1. The van der Waals surface area contributed by atoms with Crippen LogP contribution in [0.1, 0.15) is 16.1 Å². The minimum Gasteiger partial charge on any atom is -0.464 e. The fraction of sp³-hybridized carbons (Fsp3) is 0.286. The van der Waals surface area contributed by atoms with Gasteiger partial charge in [0.15, 0.2) is 0 Å². The first kappa shape index (κ1) is 9.66. The number of rotatable bonds is 1. The van der Waals surface area contributed by atoms with E-state index in [1.165, 1.54) is 7.11 Å². The number of aromatic nitrogens is 2. The number of esters is 1. The zero-order valence-electron chi connectivity index (χ0n) is 7.13. The Bertz CT molecular complexity index is 446. The smallest absolute Gasteiger partial charge is 0.354 e. The van der Waals surface area contributed by atoms with Gasteiger partial charge in [0.2, 0.25) is 0 Å². The molecule has 0 bridgehead atoms. The van der Waals surface area contributed by atoms with Crippen molar-refractivity contribution in [1.29, 1.82) is 0 Å². The summed E-state index contributed by atoms with van der Waals surface area (Å²) in [6.07, 6.45) is 0. The number of H-pyrrole nitrogens is 2. The van der Waals surface area contributed by atoms with Crippen molar-refractivity contribution in [2.75, 3.05) is 7.11 Å². The third-order valence-electron chi connectivity index (χ3n) is 1.57. The standard InChI is InChI=1S/C7H8N2O3S/c1-3-4(6(10)12-2)8-7(11)9-5(3)13/h1-2H3,(H2,8,9,11,13). The van der Waals surface area contributed by atoms with Gasteiger partial charge < -0.3 is 9.72 Å². The lowest BCUT2D eigenvalue weighted by molar-refractivity contribution is 0.0592. The minimum absolute atomic E-state index is 0.0938. The molecule has 0 aliphatic carbocycles. The summed E-state index contributed by atoms with van der Waals surface area (Å²) < 4.78 is 4.70. The van der Waals surface area contributed by atoms with E-state index in [0.717, 1.165) is 0 Å². The summed E-state index contributed by atoms with van der Waals surface area (Å²) in [7, 11) is 1.24. The summed E-state index contributed by atoms with van der Waals surface area (Å²) in [6, 6.07) is 0. The number of aromatic amines is 2. The minimum atomic E-state index is -0.602. The van der Waals surface area contributed by atoms with Crippen LogP contribution in [0.2, 0.25) is 0 Å². The van der Waals surface area contributed by atoms with Gasteiger partial charge in [-0.2, -0.15) is 0 Å². The van der Waals surface area contributed by atoms with Gasteiger partial charge in [0.25, 0.3) is 0 Å². The predicted molar refractivity (Wildman–Crippen MR) is 48.3 cm³/mol. The van der Waals surface area contributed by atoms with Crippen LogP contribution in [0.4, 0.5) is 0 Å². The number of hydrogen-bond acceptors (Lipinski definition) is 4. The van der Waals surface area contributed by atoms with E-state index in [1.807, 2.05) is 0 Å². The molecule has 0 amide bonds. The molecule has 0 radical (unpaired) electrons. The quantitative estimate of drug-likeness (QED) is 0.512. The third kappa shape index (κ3) is 1.83. The number of nitrogens with one attached hydrogen (secondary N) is 2. The molecule has 1 aromatic rings. The van der Waals surface area contributed by atoms with Crippen LogP contribution in [0.15, 0.2) is 4.79 Å². The molecule has 0 aliphatic rings. The summed E-state index contributed by atoms with van der Waals surface area (Å²) in [5.41, 5.74) is 0.0775. The molecule has 13 heavy (non-hydrogen) atoms. The predicted octanol–water partition coefficient (Wildman–Crippen LogP) is 0.528. The molecule has 0 atom stereocenters. The Morgan fingerprint density at radius 2 is 2.08 bits per heavy atom. The van der Waals surface area contributed by atoms with Gasteiger partial charge in [-0.1, -0.05) is 12.2 Å². The highest BCUT2D eigenvalue weighted by Gasteiger charge is 2.11. The Balaban J connectivity index is 3.46. The van der Waals surface area contributed by atoms with Gasteiger partial charge in [0.05, 0.1) is 7.11 Å². The van der Waals surface area contributed by atoms with E-state index in [-0.39, 0.29) is 10.3 Å². The maximum absolute atomic E-state index is 11.1. The second-order valence-electron chi connectivity index (χ2n) is 2.40. The van der Waals surface area contributed by atoms with E-state index >= 15 is 0 Å². The van der Waals surface area contributed by atoms with Crippen LogP contribution in [-0.2, 0) is 4.74 Å². The largest absolute Gasteiger partial charge is 0.464 e. The third-order valence-corrected chi connectivity index (χ3v) is 1.98. The van der Waals surface area contributed by atoms with Crippen molar-refractivity contribution in [3.63, 3.8) is 0 Å². The Morgan fingerprint density at radius 3 is 2.62 bits per heavy atom. The van der Waals surface area contributed by atoms with E-state index in [1.54, 1.807) is 6.92 Å². The highest BCUT2D eigenvalue weighted by atomic mass is 32.1. The van der Waals surface area contributed by atoms with Crippen molar-refractivity contribution in [3.05, 3.63) is 26.4 Å². The molecule has 0 saturated carbocycles. The van der Waals surface area contributed by atoms with Crippen molar-refractivity contribution in [3.8, 4) is 0 Å². The van der Waals surface area contributed by atoms with Gasteiger partial charge in [-0.15, -0.1) is 0 Å². The lowest BCUT2D eigenvalue weighted by Gasteiger charge is -2.01. The summed E-state index contributed by atoms with van der Waals surface area (Å²) in [6.45, 7) is 1.63. The number of hydrogen-bond donors (Lipinski definition) is 2. The average Bonchev–Trinajstić information content (AvgIpc) is 2.10. The fourth-order valence-corrected chi connectivity index (χ4v) is 1.05. The molecule has 70 valence electrons. The van der Waals surface area contributed by atoms with Crippen molar-refractivity contribution in [2.45, 2.75) is 6.92 Å². The number of carbonyl (C=O) groups is 1. The van der Waals surface area contributed by atoms with E-state index < -0.39 is 11.7 Å². The first-order valence-electron chi connectivity index (χ1n) is 3.47. The van der Waals surface area contributed by atoms with E-state index in [4.69, 9.17) is 12.2 Å². The molecule has 0 aliphatic heterocycles. The van der Waals surface area contributed by atoms with Crippen LogP contribution in [0, 0.1) is 11.6 Å². The molecule has 1 rings (SSSR count). The molecular weight excluding hydrogens is 192 g/mol. The Hall–Kier alpha value is -1.43. The van der Waals surface area contributed by atoms with Gasteiger partial charge in [-0.05, 0) is 6.92 Å². The zero-order chi connectivity index (χ0) is 10.0. The van der Waals surface area contributed by atoms with Crippen molar-refractivity contribution < 1.29 is 9.53 Å². The maximum Gasteiger partial charge on any atom is 0.354 e. The van der Waals surface area contributed by atoms with Crippen molar-refractivity contribution >= 4 is 18.2 Å². The van der Waals surface area contributed by atoms with Crippen molar-refractivity contribution in [1.82, 2.24) is 9.97 Å². The molecule has 5 nitrogen and oxygen atoms in total. The van der Waals surface area contributed by atoms with E-state index in [9.17, 15) is 9.59 Å². The fourth-order valence-electron chi connectivity index (χ4n) is 0.855. The summed E-state index contributed by atoms with van der Waals surface area (Å²) in [5, 5.41) is 0. The van der Waals surface area contributed by atoms with Gasteiger partial charge in [-0.3, -0.25) is 4.98 Å². The molecule has 0 saturated heterocycles. The molecule has 1 aromatic heterocycles. The molecule has 0 aromatic carbocycles. The lowest BCUT2D eigenvalue weighted by Crippen LogP contribution is -2.18. The van der Waals surface area contributed by atoms with Crippen LogP contribution in [-0.4, -0.2) is 23.0 Å². The topological polar surface area (TPSA) is 75.0 Å². The Labute approximate surface area is 78.8 Å². The second-order valence-corrected chi connectivity index (χ2v) is 2.81. The lowest BCUT2D eigenvalue weighted by atomic mass is 10.2. The molecule has 0 fully saturated rings.